The first kappa shape index (κ1) is 19.3. The second-order valence-electron chi connectivity index (χ2n) is 8.58. The van der Waals surface area contributed by atoms with Crippen molar-refractivity contribution >= 4 is 16.6 Å². The molecule has 0 N–H and O–H groups in total. The molecule has 1 aromatic heterocycles. The highest BCUT2D eigenvalue weighted by Gasteiger charge is 2.46. The van der Waals surface area contributed by atoms with Gasteiger partial charge in [0.15, 0.2) is 16.6 Å². The molecule has 22 heavy (non-hydrogen) atoms. The first-order valence-corrected chi connectivity index (χ1v) is 14.4. The lowest BCUT2D eigenvalue weighted by Crippen LogP contribution is -2.46. The molecule has 0 amide bonds. The van der Waals surface area contributed by atoms with Gasteiger partial charge < -0.3 is 14.1 Å². The summed E-state index contributed by atoms with van der Waals surface area (Å²) in [5.41, 5.74) is -0.605. The van der Waals surface area contributed by atoms with Gasteiger partial charge in [0.2, 0.25) is 5.69 Å². The van der Waals surface area contributed by atoms with Crippen molar-refractivity contribution in [3.8, 4) is 0 Å². The van der Waals surface area contributed by atoms with Crippen molar-refractivity contribution < 1.29 is 18.4 Å². The Balaban J connectivity index is 3.32. The van der Waals surface area contributed by atoms with Gasteiger partial charge in [0, 0.05) is 5.16 Å². The molecule has 0 aliphatic carbocycles. The van der Waals surface area contributed by atoms with Crippen LogP contribution in [0.15, 0.2) is 4.63 Å². The van der Waals surface area contributed by atoms with Crippen molar-refractivity contribution in [1.29, 1.82) is 0 Å². The highest BCUT2D eigenvalue weighted by molar-refractivity contribution is 6.70. The van der Waals surface area contributed by atoms with Crippen LogP contribution in [-0.2, 0) is 20.1 Å². The minimum absolute atomic E-state index is 0.387. The van der Waals surface area contributed by atoms with Crippen LogP contribution < -0.4 is 4.90 Å². The summed E-state index contributed by atoms with van der Waals surface area (Å²) >= 11 is 0. The Morgan fingerprint density at radius 3 is 1.73 bits per heavy atom. The zero-order valence-corrected chi connectivity index (χ0v) is 17.5. The van der Waals surface area contributed by atoms with Gasteiger partial charge in [-0.2, -0.15) is 0 Å². The SMILES string of the molecule is CC(C)(O[Si](C)(C)C)c1no[n+]([O-])c1C(C)(C)O[Si](C)(C)C. The predicted octanol–water partition coefficient (Wildman–Crippen LogP) is 3.48. The van der Waals surface area contributed by atoms with Crippen LogP contribution >= 0.6 is 0 Å². The van der Waals surface area contributed by atoms with Crippen molar-refractivity contribution in [1.82, 2.24) is 5.16 Å². The molecule has 0 spiro atoms. The van der Waals surface area contributed by atoms with Crippen molar-refractivity contribution in [2.45, 2.75) is 78.2 Å². The smallest absolute Gasteiger partial charge is 0.254 e. The summed E-state index contributed by atoms with van der Waals surface area (Å²) < 4.78 is 17.3. The van der Waals surface area contributed by atoms with E-state index in [1.165, 1.54) is 0 Å². The third kappa shape index (κ3) is 4.90. The summed E-state index contributed by atoms with van der Waals surface area (Å²) in [6.45, 7) is 20.1. The third-order valence-electron chi connectivity index (χ3n) is 2.88. The minimum atomic E-state index is -1.85. The molecule has 0 atom stereocenters. The molecule has 1 rings (SSSR count). The Hall–Kier alpha value is -0.706. The molecule has 6 nitrogen and oxygen atoms in total. The first-order chi connectivity index (χ1) is 9.55. The summed E-state index contributed by atoms with van der Waals surface area (Å²) in [6, 6.07) is 0. The van der Waals surface area contributed by atoms with E-state index in [0.717, 1.165) is 0 Å². The molecular formula is C14H30N2O4Si2. The van der Waals surface area contributed by atoms with Gasteiger partial charge in [0.1, 0.15) is 11.2 Å². The Labute approximate surface area is 135 Å². The number of rotatable bonds is 6. The predicted molar refractivity (Wildman–Crippen MR) is 90.4 cm³/mol. The topological polar surface area (TPSA) is 71.4 Å². The second-order valence-corrected chi connectivity index (χ2v) is 17.4. The van der Waals surface area contributed by atoms with Crippen LogP contribution in [0.5, 0.6) is 0 Å². The summed E-state index contributed by atoms with van der Waals surface area (Å²) in [7, 11) is -3.67. The number of nitrogens with zero attached hydrogens (tertiary/aromatic N) is 2. The molecule has 0 saturated carbocycles. The molecule has 0 aromatic carbocycles. The Morgan fingerprint density at radius 2 is 1.32 bits per heavy atom. The zero-order chi connectivity index (χ0) is 17.6. The van der Waals surface area contributed by atoms with Crippen LogP contribution in [0, 0.1) is 5.21 Å². The summed E-state index contributed by atoms with van der Waals surface area (Å²) in [5, 5.41) is 16.1. The van der Waals surface area contributed by atoms with Gasteiger partial charge in [-0.05, 0) is 71.9 Å². The highest BCUT2D eigenvalue weighted by atomic mass is 28.4. The molecule has 0 aliphatic heterocycles. The van der Waals surface area contributed by atoms with E-state index in [2.05, 4.69) is 44.4 Å². The summed E-state index contributed by atoms with van der Waals surface area (Å²) in [4.78, 5) is 0.449. The van der Waals surface area contributed by atoms with Gasteiger partial charge in [-0.1, -0.05) is 0 Å². The van der Waals surface area contributed by atoms with Crippen LogP contribution in [0.25, 0.3) is 0 Å². The van der Waals surface area contributed by atoms with Gasteiger partial charge in [-0.15, -0.1) is 0 Å². The van der Waals surface area contributed by atoms with Crippen LogP contribution in [0.4, 0.5) is 0 Å². The van der Waals surface area contributed by atoms with E-state index in [0.29, 0.717) is 16.3 Å². The summed E-state index contributed by atoms with van der Waals surface area (Å²) in [6.07, 6.45) is 0. The van der Waals surface area contributed by atoms with Crippen LogP contribution in [-0.4, -0.2) is 21.8 Å². The Kier molecular flexibility index (Phi) is 5.04. The van der Waals surface area contributed by atoms with Crippen LogP contribution in [0.3, 0.4) is 0 Å². The molecule has 0 bridgehead atoms. The molecule has 0 unspecified atom stereocenters. The normalized spacial score (nSPS) is 14.5. The van der Waals surface area contributed by atoms with E-state index >= 15 is 0 Å². The fourth-order valence-electron chi connectivity index (χ4n) is 2.78. The highest BCUT2D eigenvalue weighted by Crippen LogP contribution is 2.35. The van der Waals surface area contributed by atoms with E-state index < -0.39 is 27.8 Å². The number of aromatic nitrogens is 2. The average molecular weight is 347 g/mol. The van der Waals surface area contributed by atoms with Gasteiger partial charge in [0.05, 0.1) is 0 Å². The Morgan fingerprint density at radius 1 is 0.909 bits per heavy atom. The molecule has 0 aliphatic rings. The standard InChI is InChI=1S/C14H30N2O4Si2/c1-13(2,18-21(5,6)7)11-12(16(17)20-15-11)14(3,4)19-22(8,9)10/h1-10H3. The molecule has 0 saturated heterocycles. The van der Waals surface area contributed by atoms with E-state index in [1.807, 2.05) is 27.7 Å². The molecule has 1 aromatic rings. The lowest BCUT2D eigenvalue weighted by molar-refractivity contribution is -0.811. The monoisotopic (exact) mass is 346 g/mol. The fraction of sp³-hybridized carbons (Fsp3) is 0.857. The van der Waals surface area contributed by atoms with Crippen molar-refractivity contribution in [3.05, 3.63) is 16.6 Å². The van der Waals surface area contributed by atoms with Gasteiger partial charge in [0.25, 0.3) is 5.69 Å². The molecule has 0 fully saturated rings. The zero-order valence-electron chi connectivity index (χ0n) is 15.5. The van der Waals surface area contributed by atoms with Crippen molar-refractivity contribution in [2.75, 3.05) is 0 Å². The summed E-state index contributed by atoms with van der Waals surface area (Å²) in [5.74, 6) is 0. The Bertz CT molecular complexity index is 528. The first-order valence-electron chi connectivity index (χ1n) is 7.56. The number of hydrogen-bond acceptors (Lipinski definition) is 5. The van der Waals surface area contributed by atoms with E-state index in [9.17, 15) is 5.21 Å². The maximum atomic E-state index is 12.2. The molecule has 0 radical (unpaired) electrons. The second kappa shape index (κ2) is 5.73. The fourth-order valence-corrected chi connectivity index (χ4v) is 6.03. The number of hydrogen-bond donors (Lipinski definition) is 0. The average Bonchev–Trinajstić information content (AvgIpc) is 2.53. The van der Waals surface area contributed by atoms with Crippen molar-refractivity contribution in [2.24, 2.45) is 0 Å². The lowest BCUT2D eigenvalue weighted by atomic mass is 9.95. The molecule has 8 heteroatoms. The van der Waals surface area contributed by atoms with E-state index in [-0.39, 0.29) is 0 Å². The van der Waals surface area contributed by atoms with Crippen LogP contribution in [0.2, 0.25) is 39.3 Å². The lowest BCUT2D eigenvalue weighted by Gasteiger charge is -2.34. The molecular weight excluding hydrogens is 316 g/mol. The minimum Gasteiger partial charge on any atom is -0.405 e. The maximum absolute atomic E-state index is 12.2. The largest absolute Gasteiger partial charge is 0.405 e. The third-order valence-corrected chi connectivity index (χ3v) is 5.12. The molecule has 128 valence electrons. The van der Waals surface area contributed by atoms with Gasteiger partial charge >= 0.3 is 0 Å². The van der Waals surface area contributed by atoms with Crippen LogP contribution in [0.1, 0.15) is 39.1 Å². The maximum Gasteiger partial charge on any atom is 0.254 e. The van der Waals surface area contributed by atoms with E-state index in [1.54, 1.807) is 0 Å². The van der Waals surface area contributed by atoms with Gasteiger partial charge in [-0.3, -0.25) is 4.63 Å². The molecule has 1 heterocycles. The van der Waals surface area contributed by atoms with E-state index in [4.69, 9.17) is 13.5 Å². The van der Waals surface area contributed by atoms with Crippen molar-refractivity contribution in [3.63, 3.8) is 0 Å². The van der Waals surface area contributed by atoms with Gasteiger partial charge in [-0.25, -0.2) is 0 Å². The quantitative estimate of drug-likeness (QED) is 0.582.